The third-order valence-corrected chi connectivity index (χ3v) is 3.50. The van der Waals surface area contributed by atoms with Crippen molar-refractivity contribution in [2.75, 3.05) is 18.9 Å². The zero-order valence-corrected chi connectivity index (χ0v) is 11.8. The molecule has 0 atom stereocenters. The van der Waals surface area contributed by atoms with E-state index in [4.69, 9.17) is 0 Å². The molecule has 0 saturated carbocycles. The second-order valence-electron chi connectivity index (χ2n) is 4.99. The molecule has 1 heterocycles. The summed E-state index contributed by atoms with van der Waals surface area (Å²) in [6.07, 6.45) is 6.39. The van der Waals surface area contributed by atoms with Gasteiger partial charge in [0.05, 0.1) is 11.1 Å². The Bertz CT molecular complexity index is 537. The molecule has 1 aromatic carbocycles. The number of fused-ring (bicyclic) bond motifs is 1. The minimum Gasteiger partial charge on any atom is -0.385 e. The van der Waals surface area contributed by atoms with Gasteiger partial charge in [-0.05, 0) is 37.5 Å². The number of hydrogen-bond acceptors (Lipinski definition) is 3. The number of amides is 2. The summed E-state index contributed by atoms with van der Waals surface area (Å²) in [5, 5.41) is 3.29. The fraction of sp³-hybridized carbons (Fsp3) is 0.375. The Kier molecular flexibility index (Phi) is 4.56. The molecular formula is C16H20N2O2. The van der Waals surface area contributed by atoms with Crippen LogP contribution in [0.1, 0.15) is 46.4 Å². The highest BCUT2D eigenvalue weighted by molar-refractivity contribution is 6.21. The normalized spacial score (nSPS) is 13.6. The van der Waals surface area contributed by atoms with E-state index < -0.39 is 0 Å². The highest BCUT2D eigenvalue weighted by Gasteiger charge is 2.32. The predicted molar refractivity (Wildman–Crippen MR) is 80.0 cm³/mol. The fourth-order valence-corrected chi connectivity index (χ4v) is 2.29. The maximum absolute atomic E-state index is 11.9. The molecule has 4 heteroatoms. The van der Waals surface area contributed by atoms with Crippen LogP contribution >= 0.6 is 0 Å². The van der Waals surface area contributed by atoms with Crippen LogP contribution < -0.4 is 5.32 Å². The van der Waals surface area contributed by atoms with Gasteiger partial charge in [-0.15, -0.1) is 6.58 Å². The maximum atomic E-state index is 11.9. The number of benzene rings is 1. The topological polar surface area (TPSA) is 49.4 Å². The number of carbonyl (C=O) groups excluding carboxylic acids is 2. The first-order valence-corrected chi connectivity index (χ1v) is 6.96. The Hall–Kier alpha value is -2.10. The zero-order chi connectivity index (χ0) is 14.5. The Labute approximate surface area is 119 Å². The molecule has 106 valence electrons. The van der Waals surface area contributed by atoms with Gasteiger partial charge in [-0.25, -0.2) is 0 Å². The van der Waals surface area contributed by atoms with Gasteiger partial charge in [-0.3, -0.25) is 14.5 Å². The van der Waals surface area contributed by atoms with Gasteiger partial charge in [0.2, 0.25) is 0 Å². The minimum atomic E-state index is -0.223. The van der Waals surface area contributed by atoms with E-state index in [1.54, 1.807) is 12.1 Å². The average molecular weight is 272 g/mol. The van der Waals surface area contributed by atoms with Crippen molar-refractivity contribution in [1.82, 2.24) is 4.90 Å². The van der Waals surface area contributed by atoms with E-state index in [0.717, 1.165) is 42.8 Å². The smallest absolute Gasteiger partial charge is 0.261 e. The highest BCUT2D eigenvalue weighted by atomic mass is 16.2. The number of rotatable bonds is 7. The quantitative estimate of drug-likeness (QED) is 0.471. The molecule has 1 aliphatic heterocycles. The zero-order valence-electron chi connectivity index (χ0n) is 11.8. The largest absolute Gasteiger partial charge is 0.385 e. The Morgan fingerprint density at radius 1 is 1.15 bits per heavy atom. The van der Waals surface area contributed by atoms with E-state index in [9.17, 15) is 9.59 Å². The molecule has 0 saturated heterocycles. The molecule has 20 heavy (non-hydrogen) atoms. The van der Waals surface area contributed by atoms with Crippen LogP contribution in [-0.2, 0) is 0 Å². The van der Waals surface area contributed by atoms with E-state index in [1.165, 1.54) is 7.05 Å². The van der Waals surface area contributed by atoms with Crippen molar-refractivity contribution in [3.63, 3.8) is 0 Å². The summed E-state index contributed by atoms with van der Waals surface area (Å²) >= 11 is 0. The third kappa shape index (κ3) is 2.90. The molecule has 0 aliphatic carbocycles. The lowest BCUT2D eigenvalue weighted by molar-refractivity contribution is 0.0693. The minimum absolute atomic E-state index is 0.221. The predicted octanol–water partition coefficient (Wildman–Crippen LogP) is 3.07. The molecule has 1 N–H and O–H groups in total. The molecule has 0 radical (unpaired) electrons. The van der Waals surface area contributed by atoms with Gasteiger partial charge < -0.3 is 5.32 Å². The van der Waals surface area contributed by atoms with Crippen molar-refractivity contribution < 1.29 is 9.59 Å². The van der Waals surface area contributed by atoms with Crippen LogP contribution in [0.3, 0.4) is 0 Å². The van der Waals surface area contributed by atoms with E-state index in [0.29, 0.717) is 11.1 Å². The summed E-state index contributed by atoms with van der Waals surface area (Å²) in [5.74, 6) is -0.444. The molecular weight excluding hydrogens is 252 g/mol. The van der Waals surface area contributed by atoms with Gasteiger partial charge >= 0.3 is 0 Å². The van der Waals surface area contributed by atoms with E-state index in [1.807, 2.05) is 12.1 Å². The highest BCUT2D eigenvalue weighted by Crippen LogP contribution is 2.24. The Balaban J connectivity index is 1.91. The van der Waals surface area contributed by atoms with Crippen LogP contribution in [0.15, 0.2) is 30.9 Å². The van der Waals surface area contributed by atoms with Crippen molar-refractivity contribution in [1.29, 1.82) is 0 Å². The number of nitrogens with zero attached hydrogens (tertiary/aromatic N) is 1. The molecule has 0 fully saturated rings. The van der Waals surface area contributed by atoms with E-state index >= 15 is 0 Å². The van der Waals surface area contributed by atoms with Crippen LogP contribution in [0.5, 0.6) is 0 Å². The molecule has 2 rings (SSSR count). The molecule has 2 amide bonds. The van der Waals surface area contributed by atoms with Gasteiger partial charge in [-0.2, -0.15) is 0 Å². The number of nitrogens with one attached hydrogen (secondary N) is 1. The number of allylic oxidation sites excluding steroid dienone is 1. The van der Waals surface area contributed by atoms with Crippen LogP contribution in [0.2, 0.25) is 0 Å². The fourth-order valence-electron chi connectivity index (χ4n) is 2.29. The third-order valence-electron chi connectivity index (χ3n) is 3.50. The number of carbonyl (C=O) groups is 2. The van der Waals surface area contributed by atoms with Crippen molar-refractivity contribution >= 4 is 17.5 Å². The summed E-state index contributed by atoms with van der Waals surface area (Å²) in [5.41, 5.74) is 1.88. The summed E-state index contributed by atoms with van der Waals surface area (Å²) in [6, 6.07) is 5.34. The molecule has 4 nitrogen and oxygen atoms in total. The van der Waals surface area contributed by atoms with Gasteiger partial charge in [0, 0.05) is 19.3 Å². The van der Waals surface area contributed by atoms with E-state index in [2.05, 4.69) is 11.9 Å². The Morgan fingerprint density at radius 2 is 1.90 bits per heavy atom. The monoisotopic (exact) mass is 272 g/mol. The molecule has 0 aromatic heterocycles. The standard InChI is InChI=1S/C16H20N2O2/c1-3-4-5-6-7-10-17-12-8-9-13-14(11-12)16(20)18(2)15(13)19/h3,8-9,11,17H,1,4-7,10H2,2H3. The average Bonchev–Trinajstić information content (AvgIpc) is 2.67. The van der Waals surface area contributed by atoms with Crippen LogP contribution in [-0.4, -0.2) is 30.3 Å². The molecule has 0 spiro atoms. The first kappa shape index (κ1) is 14.3. The maximum Gasteiger partial charge on any atom is 0.261 e. The van der Waals surface area contributed by atoms with Crippen molar-refractivity contribution in [2.24, 2.45) is 0 Å². The molecule has 0 bridgehead atoms. The second-order valence-corrected chi connectivity index (χ2v) is 4.99. The van der Waals surface area contributed by atoms with Gasteiger partial charge in [0.1, 0.15) is 0 Å². The number of anilines is 1. The van der Waals surface area contributed by atoms with Crippen LogP contribution in [0.25, 0.3) is 0 Å². The van der Waals surface area contributed by atoms with Crippen molar-refractivity contribution in [3.05, 3.63) is 42.0 Å². The van der Waals surface area contributed by atoms with E-state index in [-0.39, 0.29) is 11.8 Å². The number of imide groups is 1. The first-order chi connectivity index (χ1) is 9.65. The molecule has 1 aromatic rings. The molecule has 1 aliphatic rings. The van der Waals surface area contributed by atoms with Gasteiger partial charge in [0.15, 0.2) is 0 Å². The number of hydrogen-bond donors (Lipinski definition) is 1. The summed E-state index contributed by atoms with van der Waals surface area (Å²) < 4.78 is 0. The lowest BCUT2D eigenvalue weighted by Gasteiger charge is -2.07. The van der Waals surface area contributed by atoms with Gasteiger partial charge in [-0.1, -0.05) is 12.5 Å². The summed E-state index contributed by atoms with van der Waals surface area (Å²) in [7, 11) is 1.51. The summed E-state index contributed by atoms with van der Waals surface area (Å²) in [4.78, 5) is 24.8. The lowest BCUT2D eigenvalue weighted by atomic mass is 10.1. The van der Waals surface area contributed by atoms with Crippen LogP contribution in [0.4, 0.5) is 5.69 Å². The Morgan fingerprint density at radius 3 is 2.65 bits per heavy atom. The second kappa shape index (κ2) is 6.37. The number of unbranched alkanes of at least 4 members (excludes halogenated alkanes) is 3. The molecule has 0 unspecified atom stereocenters. The van der Waals surface area contributed by atoms with Crippen molar-refractivity contribution in [3.8, 4) is 0 Å². The van der Waals surface area contributed by atoms with Crippen molar-refractivity contribution in [2.45, 2.75) is 25.7 Å². The summed E-state index contributed by atoms with van der Waals surface area (Å²) in [6.45, 7) is 4.57. The lowest BCUT2D eigenvalue weighted by Crippen LogP contribution is -2.24. The van der Waals surface area contributed by atoms with Crippen LogP contribution in [0, 0.1) is 0 Å². The SMILES string of the molecule is C=CCCCCCNc1ccc2c(c1)C(=O)N(C)C2=O. The first-order valence-electron chi connectivity index (χ1n) is 6.96. The van der Waals surface area contributed by atoms with Gasteiger partial charge in [0.25, 0.3) is 11.8 Å².